The van der Waals surface area contributed by atoms with Crippen molar-refractivity contribution in [3.8, 4) is 22.6 Å². The van der Waals surface area contributed by atoms with E-state index in [1.807, 2.05) is 6.07 Å². The standard InChI is InChI=1S/C38H31BN2O2/c1-37(2)38(3,4)43-39(42-37)34-29-17-9-7-15-27(29)33(28-16-8-10-18-30(28)34)36-40-32-20-12-11-19-31(32)35(41-36)26-22-21-24-13-5-6-14-25(24)23-26/h5-23H,1-4H3. The van der Waals surface area contributed by atoms with Gasteiger partial charge < -0.3 is 9.31 Å². The highest BCUT2D eigenvalue weighted by molar-refractivity contribution is 6.68. The van der Waals surface area contributed by atoms with Gasteiger partial charge in [0, 0.05) is 16.5 Å². The first-order valence-electron chi connectivity index (χ1n) is 14.9. The fourth-order valence-corrected chi connectivity index (χ4v) is 6.36. The third-order valence-electron chi connectivity index (χ3n) is 9.31. The van der Waals surface area contributed by atoms with Gasteiger partial charge in [0.1, 0.15) is 0 Å². The van der Waals surface area contributed by atoms with Crippen LogP contribution >= 0.6 is 0 Å². The van der Waals surface area contributed by atoms with Crippen molar-refractivity contribution in [2.75, 3.05) is 0 Å². The van der Waals surface area contributed by atoms with Crippen LogP contribution in [0.25, 0.3) is 65.9 Å². The lowest BCUT2D eigenvalue weighted by molar-refractivity contribution is 0.00578. The molecule has 0 saturated carbocycles. The Morgan fingerprint density at radius 3 is 1.72 bits per heavy atom. The largest absolute Gasteiger partial charge is 0.496 e. The number of hydrogen-bond acceptors (Lipinski definition) is 4. The SMILES string of the molecule is CC1(C)OB(c2c3ccccc3c(-c3nc(-c4ccc5ccccc5c4)c4ccccc4n3)c3ccccc23)OC1(C)C. The molecule has 0 bridgehead atoms. The molecule has 0 spiro atoms. The molecular formula is C38H31BN2O2. The van der Waals surface area contributed by atoms with Gasteiger partial charge in [-0.05, 0) is 77.6 Å². The van der Waals surface area contributed by atoms with Crippen LogP contribution in [0.1, 0.15) is 27.7 Å². The number of nitrogens with zero attached hydrogens (tertiary/aromatic N) is 2. The molecule has 7 aromatic rings. The zero-order valence-electron chi connectivity index (χ0n) is 24.8. The molecule has 0 radical (unpaired) electrons. The maximum absolute atomic E-state index is 6.63. The van der Waals surface area contributed by atoms with Crippen molar-refractivity contribution in [1.82, 2.24) is 9.97 Å². The topological polar surface area (TPSA) is 44.2 Å². The first-order chi connectivity index (χ1) is 20.8. The zero-order valence-corrected chi connectivity index (χ0v) is 24.8. The van der Waals surface area contributed by atoms with Crippen molar-refractivity contribution in [2.45, 2.75) is 38.9 Å². The maximum atomic E-state index is 6.63. The summed E-state index contributed by atoms with van der Waals surface area (Å²) in [5.74, 6) is 0.703. The maximum Gasteiger partial charge on any atom is 0.496 e. The lowest BCUT2D eigenvalue weighted by Gasteiger charge is -2.32. The van der Waals surface area contributed by atoms with E-state index in [1.54, 1.807) is 0 Å². The number of fused-ring (bicyclic) bond motifs is 4. The second-order valence-electron chi connectivity index (χ2n) is 12.4. The number of rotatable bonds is 3. The van der Waals surface area contributed by atoms with Gasteiger partial charge in [0.2, 0.25) is 0 Å². The Hall–Kier alpha value is -4.58. The van der Waals surface area contributed by atoms with Crippen molar-refractivity contribution in [3.05, 3.63) is 115 Å². The zero-order chi connectivity index (χ0) is 29.3. The molecule has 0 aliphatic carbocycles. The molecule has 1 aromatic heterocycles. The number of benzene rings is 6. The van der Waals surface area contributed by atoms with Crippen LogP contribution in [0.5, 0.6) is 0 Å². The van der Waals surface area contributed by atoms with Gasteiger partial charge in [-0.15, -0.1) is 0 Å². The van der Waals surface area contributed by atoms with Crippen LogP contribution in [-0.2, 0) is 9.31 Å². The Balaban J connectivity index is 1.43. The van der Waals surface area contributed by atoms with Crippen LogP contribution in [0, 0.1) is 0 Å². The quantitative estimate of drug-likeness (QED) is 0.161. The van der Waals surface area contributed by atoms with Gasteiger partial charge in [0.15, 0.2) is 5.82 Å². The summed E-state index contributed by atoms with van der Waals surface area (Å²) in [4.78, 5) is 10.5. The van der Waals surface area contributed by atoms with E-state index in [0.717, 1.165) is 54.7 Å². The van der Waals surface area contributed by atoms with E-state index >= 15 is 0 Å². The van der Waals surface area contributed by atoms with Gasteiger partial charge in [-0.25, -0.2) is 9.97 Å². The molecule has 6 aromatic carbocycles. The van der Waals surface area contributed by atoms with E-state index in [4.69, 9.17) is 19.3 Å². The Morgan fingerprint density at radius 2 is 1.07 bits per heavy atom. The predicted octanol–water partition coefficient (Wildman–Crippen LogP) is 8.72. The minimum absolute atomic E-state index is 0.450. The molecule has 0 N–H and O–H groups in total. The molecule has 1 saturated heterocycles. The first-order valence-corrected chi connectivity index (χ1v) is 14.9. The van der Waals surface area contributed by atoms with E-state index in [2.05, 4.69) is 137 Å². The molecule has 5 heteroatoms. The predicted molar refractivity (Wildman–Crippen MR) is 179 cm³/mol. The van der Waals surface area contributed by atoms with Crippen LogP contribution in [0.3, 0.4) is 0 Å². The summed E-state index contributed by atoms with van der Waals surface area (Å²) in [5, 5.41) is 7.74. The molecule has 0 amide bonds. The molecule has 208 valence electrons. The van der Waals surface area contributed by atoms with Gasteiger partial charge in [0.25, 0.3) is 0 Å². The Morgan fingerprint density at radius 1 is 0.535 bits per heavy atom. The molecule has 0 unspecified atom stereocenters. The lowest BCUT2D eigenvalue weighted by atomic mass is 9.72. The normalized spacial score (nSPS) is 16.0. The number of aromatic nitrogens is 2. The third-order valence-corrected chi connectivity index (χ3v) is 9.31. The monoisotopic (exact) mass is 558 g/mol. The Labute approximate surface area is 251 Å². The fraction of sp³-hybridized carbons (Fsp3) is 0.158. The molecule has 0 atom stereocenters. The molecule has 1 aliphatic heterocycles. The minimum atomic E-state index is -0.500. The van der Waals surface area contributed by atoms with Gasteiger partial charge in [-0.2, -0.15) is 0 Å². The van der Waals surface area contributed by atoms with Crippen molar-refractivity contribution in [1.29, 1.82) is 0 Å². The van der Waals surface area contributed by atoms with E-state index in [9.17, 15) is 0 Å². The van der Waals surface area contributed by atoms with Crippen LogP contribution in [0.4, 0.5) is 0 Å². The van der Waals surface area contributed by atoms with Crippen molar-refractivity contribution in [2.24, 2.45) is 0 Å². The van der Waals surface area contributed by atoms with Gasteiger partial charge in [-0.1, -0.05) is 103 Å². The van der Waals surface area contributed by atoms with Crippen molar-refractivity contribution < 1.29 is 9.31 Å². The van der Waals surface area contributed by atoms with E-state index < -0.39 is 18.3 Å². The van der Waals surface area contributed by atoms with Crippen LogP contribution in [0.15, 0.2) is 115 Å². The van der Waals surface area contributed by atoms with E-state index in [-0.39, 0.29) is 0 Å². The highest BCUT2D eigenvalue weighted by Gasteiger charge is 2.52. The summed E-state index contributed by atoms with van der Waals surface area (Å²) >= 11 is 0. The molecular weight excluding hydrogens is 527 g/mol. The second-order valence-corrected chi connectivity index (χ2v) is 12.4. The Bertz CT molecular complexity index is 2150. The average molecular weight is 558 g/mol. The number of para-hydroxylation sites is 1. The first kappa shape index (κ1) is 26.1. The second kappa shape index (κ2) is 9.47. The summed E-state index contributed by atoms with van der Waals surface area (Å²) in [5.41, 5.74) is 4.07. The van der Waals surface area contributed by atoms with E-state index in [1.165, 1.54) is 10.8 Å². The van der Waals surface area contributed by atoms with E-state index in [0.29, 0.717) is 5.82 Å². The molecule has 4 nitrogen and oxygen atoms in total. The molecule has 1 fully saturated rings. The summed E-state index contributed by atoms with van der Waals surface area (Å²) in [6, 6.07) is 40.3. The van der Waals surface area contributed by atoms with Crippen LogP contribution in [-0.4, -0.2) is 28.3 Å². The highest BCUT2D eigenvalue weighted by Crippen LogP contribution is 2.41. The molecule has 2 heterocycles. The summed E-state index contributed by atoms with van der Waals surface area (Å²) < 4.78 is 13.3. The van der Waals surface area contributed by atoms with Crippen LogP contribution in [0.2, 0.25) is 0 Å². The van der Waals surface area contributed by atoms with Crippen molar-refractivity contribution >= 4 is 55.8 Å². The average Bonchev–Trinajstić information content (AvgIpc) is 3.24. The van der Waals surface area contributed by atoms with Gasteiger partial charge in [-0.3, -0.25) is 0 Å². The number of hydrogen-bond donors (Lipinski definition) is 0. The van der Waals surface area contributed by atoms with Gasteiger partial charge in [0.05, 0.1) is 22.4 Å². The fourth-order valence-electron chi connectivity index (χ4n) is 6.36. The summed E-state index contributed by atoms with van der Waals surface area (Å²) in [6.07, 6.45) is 0. The van der Waals surface area contributed by atoms with Crippen LogP contribution < -0.4 is 5.46 Å². The summed E-state index contributed by atoms with van der Waals surface area (Å²) in [7, 11) is -0.500. The lowest BCUT2D eigenvalue weighted by Crippen LogP contribution is -2.41. The summed E-state index contributed by atoms with van der Waals surface area (Å²) in [6.45, 7) is 8.40. The van der Waals surface area contributed by atoms with Crippen molar-refractivity contribution in [3.63, 3.8) is 0 Å². The Kier molecular flexibility index (Phi) is 5.74. The molecule has 1 aliphatic rings. The molecule has 8 rings (SSSR count). The third kappa shape index (κ3) is 4.07. The minimum Gasteiger partial charge on any atom is -0.399 e. The van der Waals surface area contributed by atoms with Gasteiger partial charge >= 0.3 is 7.12 Å². The molecule has 43 heavy (non-hydrogen) atoms. The highest BCUT2D eigenvalue weighted by atomic mass is 16.7. The smallest absolute Gasteiger partial charge is 0.399 e.